The molecule has 0 unspecified atom stereocenters. The average molecular weight is 421 g/mol. The summed E-state index contributed by atoms with van der Waals surface area (Å²) in [5, 5.41) is 1.11. The van der Waals surface area contributed by atoms with Gasteiger partial charge in [-0.25, -0.2) is 0 Å². The lowest BCUT2D eigenvalue weighted by Crippen LogP contribution is -2.22. The molecule has 2 aromatic heterocycles. The molecule has 9 heteroatoms. The number of nitrogens with two attached hydrogens (primary N) is 2. The van der Waals surface area contributed by atoms with Crippen molar-refractivity contribution in [2.75, 3.05) is 18.9 Å². The van der Waals surface area contributed by atoms with E-state index in [4.69, 9.17) is 32.5 Å². The van der Waals surface area contributed by atoms with Crippen LogP contribution in [0.4, 0.5) is 5.69 Å². The number of ether oxygens (including phenoxy) is 2. The van der Waals surface area contributed by atoms with E-state index < -0.39 is 5.91 Å². The van der Waals surface area contributed by atoms with Crippen LogP contribution in [0.2, 0.25) is 5.02 Å². The highest BCUT2D eigenvalue weighted by Crippen LogP contribution is 2.39. The average Bonchev–Trinajstić information content (AvgIpc) is 2.94. The zero-order chi connectivity index (χ0) is 20.5. The predicted molar refractivity (Wildman–Crippen MR) is 112 cm³/mol. The lowest BCUT2D eigenvalue weighted by molar-refractivity contribution is -0.0173. The van der Waals surface area contributed by atoms with E-state index in [-0.39, 0.29) is 28.8 Å². The first kappa shape index (κ1) is 20.3. The van der Waals surface area contributed by atoms with Gasteiger partial charge in [0, 0.05) is 10.6 Å². The molecule has 0 aliphatic rings. The number of amides is 1. The Morgan fingerprint density at radius 3 is 2.64 bits per heavy atom. The summed E-state index contributed by atoms with van der Waals surface area (Å²) in [6, 6.07) is 7.34. The summed E-state index contributed by atoms with van der Waals surface area (Å²) in [4.78, 5) is 21.4. The molecule has 0 saturated carbocycles. The lowest BCUT2D eigenvalue weighted by atomic mass is 10.1. The Bertz CT molecular complexity index is 1030. The minimum Gasteiger partial charge on any atom is -0.461 e. The molecule has 0 spiro atoms. The van der Waals surface area contributed by atoms with E-state index >= 15 is 0 Å². The van der Waals surface area contributed by atoms with Crippen molar-refractivity contribution in [1.29, 1.82) is 0 Å². The second kappa shape index (κ2) is 7.90. The summed E-state index contributed by atoms with van der Waals surface area (Å²) >= 11 is 7.24. The molecule has 0 saturated heterocycles. The largest absolute Gasteiger partial charge is 0.461 e. The maximum atomic E-state index is 11.7. The Kier molecular flexibility index (Phi) is 5.74. The van der Waals surface area contributed by atoms with E-state index in [0.29, 0.717) is 27.5 Å². The van der Waals surface area contributed by atoms with Crippen molar-refractivity contribution in [3.05, 3.63) is 34.2 Å². The topological polar surface area (TPSA) is 113 Å². The molecule has 0 aliphatic carbocycles. The van der Waals surface area contributed by atoms with Crippen LogP contribution in [0.15, 0.2) is 24.3 Å². The molecular formula is C19H21ClN4O3S. The highest BCUT2D eigenvalue weighted by molar-refractivity contribution is 7.21. The quantitative estimate of drug-likeness (QED) is 0.585. The summed E-state index contributed by atoms with van der Waals surface area (Å²) in [5.74, 6) is -0.612. The van der Waals surface area contributed by atoms with Crippen molar-refractivity contribution in [2.24, 2.45) is 5.73 Å². The third-order valence-corrected chi connectivity index (χ3v) is 5.09. The van der Waals surface area contributed by atoms with E-state index in [9.17, 15) is 4.79 Å². The van der Waals surface area contributed by atoms with Crippen LogP contribution >= 0.6 is 22.9 Å². The molecule has 0 radical (unpaired) electrons. The number of anilines is 1. The number of carbonyl (C=O) groups is 1. The molecule has 1 aromatic carbocycles. The molecule has 3 aromatic rings. The third-order valence-electron chi connectivity index (χ3n) is 3.74. The number of hydrogen-bond acceptors (Lipinski definition) is 7. The van der Waals surface area contributed by atoms with Crippen LogP contribution < -0.4 is 16.2 Å². The van der Waals surface area contributed by atoms with Crippen LogP contribution in [0.3, 0.4) is 0 Å². The number of halogens is 1. The molecule has 4 N–H and O–H groups in total. The van der Waals surface area contributed by atoms with Crippen molar-refractivity contribution in [1.82, 2.24) is 9.97 Å². The Hall–Kier alpha value is -2.42. The molecular weight excluding hydrogens is 400 g/mol. The van der Waals surface area contributed by atoms with Crippen molar-refractivity contribution in [2.45, 2.75) is 26.4 Å². The molecule has 7 nitrogen and oxygen atoms in total. The number of nitrogens with zero attached hydrogens (tertiary/aromatic N) is 2. The summed E-state index contributed by atoms with van der Waals surface area (Å²) < 4.78 is 11.3. The van der Waals surface area contributed by atoms with Gasteiger partial charge in [0.05, 0.1) is 29.0 Å². The van der Waals surface area contributed by atoms with Crippen LogP contribution in [0.5, 0.6) is 6.01 Å². The van der Waals surface area contributed by atoms with Crippen LogP contribution in [0, 0.1) is 0 Å². The molecule has 2 heterocycles. The summed E-state index contributed by atoms with van der Waals surface area (Å²) in [6.45, 7) is 6.56. The fourth-order valence-electron chi connectivity index (χ4n) is 2.58. The van der Waals surface area contributed by atoms with E-state index in [2.05, 4.69) is 9.97 Å². The zero-order valence-corrected chi connectivity index (χ0v) is 17.4. The van der Waals surface area contributed by atoms with Gasteiger partial charge < -0.3 is 20.9 Å². The first-order chi connectivity index (χ1) is 13.2. The molecule has 0 aliphatic heterocycles. The number of hydrogen-bond donors (Lipinski definition) is 2. The Balaban J connectivity index is 2.03. The maximum absolute atomic E-state index is 11.7. The van der Waals surface area contributed by atoms with Crippen molar-refractivity contribution >= 4 is 44.7 Å². The molecule has 148 valence electrons. The van der Waals surface area contributed by atoms with Gasteiger partial charge in [-0.15, -0.1) is 11.3 Å². The Labute approximate surface area is 171 Å². The van der Waals surface area contributed by atoms with E-state index in [1.807, 2.05) is 26.8 Å². The lowest BCUT2D eigenvalue weighted by Gasteiger charge is -2.19. The van der Waals surface area contributed by atoms with Gasteiger partial charge in [-0.1, -0.05) is 23.7 Å². The van der Waals surface area contributed by atoms with Gasteiger partial charge >= 0.3 is 6.01 Å². The number of aromatic nitrogens is 2. The van der Waals surface area contributed by atoms with E-state index in [1.165, 1.54) is 0 Å². The zero-order valence-electron chi connectivity index (χ0n) is 15.8. The third kappa shape index (κ3) is 4.52. The summed E-state index contributed by atoms with van der Waals surface area (Å²) in [7, 11) is 0. The van der Waals surface area contributed by atoms with Crippen LogP contribution in [-0.4, -0.2) is 34.7 Å². The van der Waals surface area contributed by atoms with Gasteiger partial charge in [0.2, 0.25) is 0 Å². The minimum atomic E-state index is -0.612. The van der Waals surface area contributed by atoms with Crippen molar-refractivity contribution in [3.63, 3.8) is 0 Å². The monoisotopic (exact) mass is 420 g/mol. The number of benzene rings is 1. The number of nitrogen functional groups attached to an aromatic ring is 1. The number of thiophene rings is 1. The van der Waals surface area contributed by atoms with Gasteiger partial charge in [-0.3, -0.25) is 4.79 Å². The van der Waals surface area contributed by atoms with Gasteiger partial charge in [0.25, 0.3) is 5.91 Å². The minimum absolute atomic E-state index is 0.164. The number of rotatable bonds is 6. The fraction of sp³-hybridized carbons (Fsp3) is 0.316. The van der Waals surface area contributed by atoms with Crippen LogP contribution in [-0.2, 0) is 4.74 Å². The van der Waals surface area contributed by atoms with Crippen molar-refractivity contribution < 1.29 is 14.3 Å². The SMILES string of the molecule is CC(C)(C)OCCOc1nc(-c2cccc(Cl)c2)c2c(N)c(C(N)=O)sc2n1. The maximum Gasteiger partial charge on any atom is 0.318 e. The summed E-state index contributed by atoms with van der Waals surface area (Å²) in [6.07, 6.45) is 0. The van der Waals surface area contributed by atoms with Crippen molar-refractivity contribution in [3.8, 4) is 17.3 Å². The molecule has 28 heavy (non-hydrogen) atoms. The summed E-state index contributed by atoms with van der Waals surface area (Å²) in [5.41, 5.74) is 12.9. The highest BCUT2D eigenvalue weighted by atomic mass is 35.5. The van der Waals surface area contributed by atoms with Crippen LogP contribution in [0.1, 0.15) is 30.4 Å². The molecule has 0 fully saturated rings. The number of primary amides is 1. The molecule has 1 amide bonds. The van der Waals surface area contributed by atoms with E-state index in [1.54, 1.807) is 18.2 Å². The normalized spacial score (nSPS) is 11.7. The fourth-order valence-corrected chi connectivity index (χ4v) is 3.70. The van der Waals surface area contributed by atoms with E-state index in [0.717, 1.165) is 16.9 Å². The predicted octanol–water partition coefficient (Wildman–Crippen LogP) is 3.89. The Morgan fingerprint density at radius 2 is 2.00 bits per heavy atom. The first-order valence-corrected chi connectivity index (χ1v) is 9.77. The van der Waals surface area contributed by atoms with Gasteiger partial charge in [-0.05, 0) is 32.9 Å². The van der Waals surface area contributed by atoms with Gasteiger partial charge in [0.15, 0.2) is 0 Å². The second-order valence-corrected chi connectivity index (χ2v) is 8.50. The number of carbonyl (C=O) groups excluding carboxylic acids is 1. The molecule has 3 rings (SSSR count). The van der Waals surface area contributed by atoms with Crippen LogP contribution in [0.25, 0.3) is 21.5 Å². The number of fused-ring (bicyclic) bond motifs is 1. The van der Waals surface area contributed by atoms with Gasteiger partial charge in [0.1, 0.15) is 16.3 Å². The molecule has 0 bridgehead atoms. The highest BCUT2D eigenvalue weighted by Gasteiger charge is 2.21. The molecule has 0 atom stereocenters. The smallest absolute Gasteiger partial charge is 0.318 e. The van der Waals surface area contributed by atoms with Gasteiger partial charge in [-0.2, -0.15) is 9.97 Å². The first-order valence-electron chi connectivity index (χ1n) is 8.58. The Morgan fingerprint density at radius 1 is 1.25 bits per heavy atom. The standard InChI is InChI=1S/C19H21ClN4O3S/c1-19(2,3)27-8-7-26-18-23-14(10-5-4-6-11(20)9-10)12-13(21)15(16(22)25)28-17(12)24-18/h4-6,9H,7-8,21H2,1-3H3,(H2,22,25). The second-order valence-electron chi connectivity index (χ2n) is 7.06.